The van der Waals surface area contributed by atoms with Crippen LogP contribution in [0, 0.1) is 10.1 Å². The Balaban J connectivity index is 1.57. The maximum atomic E-state index is 11.4. The van der Waals surface area contributed by atoms with Gasteiger partial charge in [0.15, 0.2) is 0 Å². The average molecular weight is 331 g/mol. The van der Waals surface area contributed by atoms with Gasteiger partial charge in [-0.05, 0) is 17.7 Å². The molecule has 0 aliphatic carbocycles. The standard InChI is InChI=1S/C16H17N3O5/c20-16(23-12-13-4-2-1-3-5-13)18-24-11-10-17-14-6-8-15(9-7-14)19(21)22/h1-9,17H,10-12H2,(H,18,20). The van der Waals surface area contributed by atoms with E-state index in [1.165, 1.54) is 12.1 Å². The molecule has 0 saturated carbocycles. The van der Waals surface area contributed by atoms with Gasteiger partial charge in [0.2, 0.25) is 0 Å². The number of ether oxygens (including phenoxy) is 1. The summed E-state index contributed by atoms with van der Waals surface area (Å²) in [5.74, 6) is 0. The molecule has 1 amide bonds. The smallest absolute Gasteiger partial charge is 0.431 e. The molecular formula is C16H17N3O5. The molecule has 2 rings (SSSR count). The van der Waals surface area contributed by atoms with E-state index in [1.54, 1.807) is 12.1 Å². The second-order valence-corrected chi connectivity index (χ2v) is 4.74. The molecule has 126 valence electrons. The van der Waals surface area contributed by atoms with Gasteiger partial charge in [-0.3, -0.25) is 15.0 Å². The van der Waals surface area contributed by atoms with Crippen LogP contribution in [0.3, 0.4) is 0 Å². The van der Waals surface area contributed by atoms with E-state index in [9.17, 15) is 14.9 Å². The number of carbonyl (C=O) groups excluding carboxylic acids is 1. The van der Waals surface area contributed by atoms with Crippen molar-refractivity contribution >= 4 is 17.5 Å². The van der Waals surface area contributed by atoms with Gasteiger partial charge in [-0.15, -0.1) is 0 Å². The fraction of sp³-hybridized carbons (Fsp3) is 0.188. The van der Waals surface area contributed by atoms with Gasteiger partial charge in [-0.1, -0.05) is 30.3 Å². The minimum atomic E-state index is -0.672. The molecule has 0 spiro atoms. The van der Waals surface area contributed by atoms with Crippen molar-refractivity contribution in [3.63, 3.8) is 0 Å². The first-order valence-electron chi connectivity index (χ1n) is 7.22. The highest BCUT2D eigenvalue weighted by molar-refractivity contribution is 5.65. The molecule has 2 aromatic rings. The third-order valence-electron chi connectivity index (χ3n) is 2.98. The van der Waals surface area contributed by atoms with Crippen molar-refractivity contribution in [2.75, 3.05) is 18.5 Å². The van der Waals surface area contributed by atoms with Crippen molar-refractivity contribution in [3.05, 3.63) is 70.3 Å². The van der Waals surface area contributed by atoms with E-state index in [4.69, 9.17) is 9.57 Å². The van der Waals surface area contributed by atoms with Gasteiger partial charge in [0.1, 0.15) is 6.61 Å². The second-order valence-electron chi connectivity index (χ2n) is 4.74. The fourth-order valence-corrected chi connectivity index (χ4v) is 1.81. The molecule has 0 unspecified atom stereocenters. The Morgan fingerprint density at radius 2 is 1.79 bits per heavy atom. The highest BCUT2D eigenvalue weighted by atomic mass is 16.7. The van der Waals surface area contributed by atoms with Gasteiger partial charge >= 0.3 is 6.09 Å². The molecule has 8 heteroatoms. The number of non-ortho nitro benzene ring substituents is 1. The first kappa shape index (κ1) is 17.2. The molecule has 0 aliphatic heterocycles. The van der Waals surface area contributed by atoms with Gasteiger partial charge in [0.05, 0.1) is 11.5 Å². The Bertz CT molecular complexity index is 661. The van der Waals surface area contributed by atoms with Crippen LogP contribution in [-0.2, 0) is 16.2 Å². The number of carbonyl (C=O) groups is 1. The van der Waals surface area contributed by atoms with Crippen molar-refractivity contribution in [1.82, 2.24) is 5.48 Å². The lowest BCUT2D eigenvalue weighted by molar-refractivity contribution is -0.384. The zero-order chi connectivity index (χ0) is 17.2. The number of rotatable bonds is 8. The van der Waals surface area contributed by atoms with Gasteiger partial charge in [0.25, 0.3) is 5.69 Å². The summed E-state index contributed by atoms with van der Waals surface area (Å²) in [5.41, 5.74) is 3.80. The Kier molecular flexibility index (Phi) is 6.54. The van der Waals surface area contributed by atoms with Gasteiger partial charge in [-0.2, -0.15) is 5.48 Å². The number of hydroxylamine groups is 1. The normalized spacial score (nSPS) is 10.0. The van der Waals surface area contributed by atoms with Crippen LogP contribution in [0.2, 0.25) is 0 Å². The monoisotopic (exact) mass is 331 g/mol. The zero-order valence-corrected chi connectivity index (χ0v) is 12.8. The van der Waals surface area contributed by atoms with Crippen LogP contribution in [0.4, 0.5) is 16.2 Å². The SMILES string of the molecule is O=C(NOCCNc1ccc([N+](=O)[O-])cc1)OCc1ccccc1. The van der Waals surface area contributed by atoms with Crippen LogP contribution in [0.5, 0.6) is 0 Å². The summed E-state index contributed by atoms with van der Waals surface area (Å²) in [5, 5.41) is 13.5. The first-order valence-corrected chi connectivity index (χ1v) is 7.22. The second kappa shape index (κ2) is 9.11. The molecule has 2 aromatic carbocycles. The third kappa shape index (κ3) is 5.93. The number of anilines is 1. The van der Waals surface area contributed by atoms with E-state index < -0.39 is 11.0 Å². The summed E-state index contributed by atoms with van der Waals surface area (Å²) in [6.07, 6.45) is -0.672. The largest absolute Gasteiger partial charge is 0.443 e. The summed E-state index contributed by atoms with van der Waals surface area (Å²) in [6, 6.07) is 15.3. The number of hydrogen-bond acceptors (Lipinski definition) is 6. The number of nitro groups is 1. The maximum Gasteiger partial charge on any atom is 0.431 e. The van der Waals surface area contributed by atoms with E-state index in [0.717, 1.165) is 11.3 Å². The average Bonchev–Trinajstić information content (AvgIpc) is 2.61. The topological polar surface area (TPSA) is 103 Å². The highest BCUT2D eigenvalue weighted by Gasteiger charge is 2.04. The van der Waals surface area contributed by atoms with E-state index in [0.29, 0.717) is 6.54 Å². The number of nitrogens with one attached hydrogen (secondary N) is 2. The molecule has 2 N–H and O–H groups in total. The highest BCUT2D eigenvalue weighted by Crippen LogP contribution is 2.14. The quantitative estimate of drug-likeness (QED) is 0.438. The minimum Gasteiger partial charge on any atom is -0.443 e. The van der Waals surface area contributed by atoms with Crippen LogP contribution in [0.1, 0.15) is 5.56 Å². The van der Waals surface area contributed by atoms with Crippen LogP contribution < -0.4 is 10.8 Å². The molecule has 0 radical (unpaired) electrons. The van der Waals surface area contributed by atoms with E-state index >= 15 is 0 Å². The summed E-state index contributed by atoms with van der Waals surface area (Å²) < 4.78 is 4.97. The number of benzene rings is 2. The summed E-state index contributed by atoms with van der Waals surface area (Å²) in [6.45, 7) is 0.783. The van der Waals surface area contributed by atoms with Crippen molar-refractivity contribution in [1.29, 1.82) is 0 Å². The molecular weight excluding hydrogens is 314 g/mol. The van der Waals surface area contributed by atoms with Crippen molar-refractivity contribution in [2.45, 2.75) is 6.61 Å². The minimum absolute atomic E-state index is 0.0274. The van der Waals surface area contributed by atoms with Crippen LogP contribution in [0.15, 0.2) is 54.6 Å². The van der Waals surface area contributed by atoms with Crippen molar-refractivity contribution in [3.8, 4) is 0 Å². The van der Waals surface area contributed by atoms with Crippen LogP contribution in [-0.4, -0.2) is 24.2 Å². The number of hydrogen-bond donors (Lipinski definition) is 2. The molecule has 0 bridgehead atoms. The lowest BCUT2D eigenvalue weighted by Gasteiger charge is -2.08. The summed E-state index contributed by atoms with van der Waals surface area (Å²) >= 11 is 0. The maximum absolute atomic E-state index is 11.4. The molecule has 0 atom stereocenters. The van der Waals surface area contributed by atoms with Crippen LogP contribution in [0.25, 0.3) is 0 Å². The number of nitro benzene ring substituents is 1. The Labute approximate surface area is 138 Å². The van der Waals surface area contributed by atoms with E-state index in [-0.39, 0.29) is 18.9 Å². The summed E-state index contributed by atoms with van der Waals surface area (Å²) in [4.78, 5) is 26.5. The molecule has 0 heterocycles. The molecule has 8 nitrogen and oxygen atoms in total. The molecule has 24 heavy (non-hydrogen) atoms. The molecule has 0 fully saturated rings. The lowest BCUT2D eigenvalue weighted by atomic mass is 10.2. The lowest BCUT2D eigenvalue weighted by Crippen LogP contribution is -2.27. The van der Waals surface area contributed by atoms with Gasteiger partial charge < -0.3 is 10.1 Å². The predicted octanol–water partition coefficient (Wildman–Crippen LogP) is 2.86. The third-order valence-corrected chi connectivity index (χ3v) is 2.98. The van der Waals surface area contributed by atoms with E-state index in [2.05, 4.69) is 10.8 Å². The van der Waals surface area contributed by atoms with Crippen LogP contribution >= 0.6 is 0 Å². The number of nitrogens with zero attached hydrogens (tertiary/aromatic N) is 1. The predicted molar refractivity (Wildman–Crippen MR) is 87.3 cm³/mol. The van der Waals surface area contributed by atoms with Crippen molar-refractivity contribution < 1.29 is 19.3 Å². The summed E-state index contributed by atoms with van der Waals surface area (Å²) in [7, 11) is 0. The Morgan fingerprint density at radius 3 is 2.46 bits per heavy atom. The number of amides is 1. The fourth-order valence-electron chi connectivity index (χ4n) is 1.81. The molecule has 0 aliphatic rings. The Hall–Kier alpha value is -3.13. The zero-order valence-electron chi connectivity index (χ0n) is 12.8. The molecule has 0 aromatic heterocycles. The first-order chi connectivity index (χ1) is 11.6. The van der Waals surface area contributed by atoms with Gasteiger partial charge in [-0.25, -0.2) is 4.79 Å². The van der Waals surface area contributed by atoms with E-state index in [1.807, 2.05) is 30.3 Å². The molecule has 0 saturated heterocycles. The Morgan fingerprint density at radius 1 is 1.08 bits per heavy atom. The van der Waals surface area contributed by atoms with Gasteiger partial charge in [0, 0.05) is 24.4 Å². The van der Waals surface area contributed by atoms with Crippen molar-refractivity contribution in [2.24, 2.45) is 0 Å².